The third kappa shape index (κ3) is 2.11. The zero-order valence-electron chi connectivity index (χ0n) is 10.0. The molecular weight excluding hydrogens is 400 g/mol. The monoisotopic (exact) mass is 411 g/mol. The molecule has 0 bridgehead atoms. The Morgan fingerprint density at radius 1 is 1.35 bits per heavy atom. The molecule has 4 atom stereocenters. The van der Waals surface area contributed by atoms with Gasteiger partial charge in [-0.05, 0) is 22.6 Å². The molecule has 1 aliphatic rings. The largest absolute Gasteiger partial charge is 0.394 e. The van der Waals surface area contributed by atoms with Gasteiger partial charge in [0, 0.05) is 9.77 Å². The number of nitrogens with zero attached hydrogens (tertiary/aromatic N) is 3. The maximum absolute atomic E-state index is 10.1. The molecule has 108 valence electrons. The zero-order chi connectivity index (χ0) is 14.4. The quantitative estimate of drug-likeness (QED) is 0.485. The number of aliphatic hydroxyl groups is 3. The topological polar surface area (TPSA) is 101 Å². The van der Waals surface area contributed by atoms with E-state index < -0.39 is 24.5 Å². The second-order valence-corrected chi connectivity index (χ2v) is 6.00. The van der Waals surface area contributed by atoms with Gasteiger partial charge in [0.05, 0.1) is 12.0 Å². The fourth-order valence-electron chi connectivity index (χ4n) is 2.31. The molecule has 0 aromatic carbocycles. The van der Waals surface area contributed by atoms with E-state index in [0.29, 0.717) is 16.2 Å². The maximum Gasteiger partial charge on any atom is 0.164 e. The van der Waals surface area contributed by atoms with E-state index >= 15 is 0 Å². The lowest BCUT2D eigenvalue weighted by Gasteiger charge is -2.17. The van der Waals surface area contributed by atoms with Crippen LogP contribution in [0.25, 0.3) is 11.0 Å². The van der Waals surface area contributed by atoms with Crippen molar-refractivity contribution < 1.29 is 20.1 Å². The first-order valence-corrected chi connectivity index (χ1v) is 7.29. The first-order valence-electron chi connectivity index (χ1n) is 5.83. The third-order valence-corrected chi connectivity index (χ3v) is 4.41. The lowest BCUT2D eigenvalue weighted by molar-refractivity contribution is -0.0509. The number of fused-ring (bicyclic) bond motifs is 1. The van der Waals surface area contributed by atoms with Crippen molar-refractivity contribution in [3.8, 4) is 0 Å². The summed E-state index contributed by atoms with van der Waals surface area (Å²) >= 11 is 8.12. The van der Waals surface area contributed by atoms with Gasteiger partial charge >= 0.3 is 0 Å². The predicted octanol–water partition coefficient (Wildman–Crippen LogP) is 0.301. The van der Waals surface area contributed by atoms with Crippen LogP contribution in [-0.2, 0) is 4.74 Å². The van der Waals surface area contributed by atoms with Crippen LogP contribution < -0.4 is 0 Å². The molecule has 3 N–H and O–H groups in total. The molecule has 0 spiro atoms. The first kappa shape index (κ1) is 14.4. The molecule has 7 nitrogen and oxygen atoms in total. The van der Waals surface area contributed by atoms with E-state index in [0.717, 1.165) is 3.57 Å². The van der Waals surface area contributed by atoms with Crippen LogP contribution in [0.4, 0.5) is 0 Å². The summed E-state index contributed by atoms with van der Waals surface area (Å²) in [7, 11) is 0. The fraction of sp³-hybridized carbons (Fsp3) is 0.455. The third-order valence-electron chi connectivity index (χ3n) is 3.31. The van der Waals surface area contributed by atoms with Gasteiger partial charge in [0.15, 0.2) is 6.23 Å². The van der Waals surface area contributed by atoms with Crippen LogP contribution in [0.5, 0.6) is 0 Å². The van der Waals surface area contributed by atoms with Gasteiger partial charge in [0.1, 0.15) is 35.4 Å². The van der Waals surface area contributed by atoms with E-state index in [2.05, 4.69) is 32.6 Å². The van der Waals surface area contributed by atoms with E-state index in [1.165, 1.54) is 6.33 Å². The summed E-state index contributed by atoms with van der Waals surface area (Å²) in [6.45, 7) is -0.374. The number of hydrogen-bond acceptors (Lipinski definition) is 6. The SMILES string of the molecule is OC[C@@H]1O[C@@H](n2cc(I)c3c(Cl)ncnc32)[C@H](O)[C@@H]1O. The molecule has 1 saturated heterocycles. The lowest BCUT2D eigenvalue weighted by atomic mass is 10.1. The number of ether oxygens (including phenoxy) is 1. The highest BCUT2D eigenvalue weighted by Crippen LogP contribution is 2.35. The average Bonchev–Trinajstić information content (AvgIpc) is 2.90. The molecular formula is C11H11ClIN3O4. The fourth-order valence-corrected chi connectivity index (χ4v) is 3.49. The van der Waals surface area contributed by atoms with Crippen molar-refractivity contribution in [1.82, 2.24) is 14.5 Å². The summed E-state index contributed by atoms with van der Waals surface area (Å²) < 4.78 is 7.89. The molecule has 2 aromatic rings. The molecule has 2 aromatic heterocycles. The van der Waals surface area contributed by atoms with Crippen molar-refractivity contribution in [3.05, 3.63) is 21.2 Å². The highest BCUT2D eigenvalue weighted by Gasteiger charge is 2.44. The van der Waals surface area contributed by atoms with Gasteiger partial charge in [0.2, 0.25) is 0 Å². The number of rotatable bonds is 2. The summed E-state index contributed by atoms with van der Waals surface area (Å²) in [6, 6.07) is 0. The molecule has 1 aliphatic heterocycles. The highest BCUT2D eigenvalue weighted by molar-refractivity contribution is 14.1. The summed E-state index contributed by atoms with van der Waals surface area (Å²) in [5.74, 6) is 0. The second-order valence-electron chi connectivity index (χ2n) is 4.48. The Hall–Kier alpha value is -0.520. The Morgan fingerprint density at radius 2 is 2.10 bits per heavy atom. The Bertz CT molecular complexity index is 652. The average molecular weight is 412 g/mol. The molecule has 3 rings (SSSR count). The van der Waals surface area contributed by atoms with E-state index in [9.17, 15) is 10.2 Å². The number of aromatic nitrogens is 3. The van der Waals surface area contributed by atoms with Crippen LogP contribution in [0.2, 0.25) is 5.15 Å². The highest BCUT2D eigenvalue weighted by atomic mass is 127. The van der Waals surface area contributed by atoms with E-state index in [4.69, 9.17) is 21.4 Å². The summed E-state index contributed by atoms with van der Waals surface area (Å²) in [5, 5.41) is 30.0. The maximum atomic E-state index is 10.1. The van der Waals surface area contributed by atoms with Gasteiger partial charge in [-0.25, -0.2) is 9.97 Å². The van der Waals surface area contributed by atoms with Gasteiger partial charge in [-0.1, -0.05) is 11.6 Å². The number of halogens is 2. The Kier molecular flexibility index (Phi) is 3.86. The summed E-state index contributed by atoms with van der Waals surface area (Å²) in [5.41, 5.74) is 0.504. The normalized spacial score (nSPS) is 30.2. The van der Waals surface area contributed by atoms with Crippen molar-refractivity contribution in [2.45, 2.75) is 24.5 Å². The Morgan fingerprint density at radius 3 is 2.75 bits per heavy atom. The molecule has 0 aliphatic carbocycles. The molecule has 20 heavy (non-hydrogen) atoms. The Balaban J connectivity index is 2.10. The van der Waals surface area contributed by atoms with E-state index in [1.807, 2.05) is 0 Å². The standard InChI is InChI=1S/C11H11ClIN3O4/c12-9-6-4(13)1-16(10(6)15-3-14-9)11-8(19)7(18)5(2-17)20-11/h1,3,5,7-8,11,17-19H,2H2/t5-,7+,8+,11+/m0/s1. The van der Waals surface area contributed by atoms with Crippen LogP contribution in [-0.4, -0.2) is 54.8 Å². The smallest absolute Gasteiger partial charge is 0.164 e. The van der Waals surface area contributed by atoms with Gasteiger partial charge in [-0.2, -0.15) is 0 Å². The Labute approximate surface area is 132 Å². The minimum absolute atomic E-state index is 0.310. The number of aliphatic hydroxyl groups excluding tert-OH is 3. The van der Waals surface area contributed by atoms with Crippen molar-refractivity contribution in [1.29, 1.82) is 0 Å². The van der Waals surface area contributed by atoms with Crippen molar-refractivity contribution in [2.24, 2.45) is 0 Å². The van der Waals surface area contributed by atoms with Crippen molar-refractivity contribution >= 4 is 45.2 Å². The molecule has 0 unspecified atom stereocenters. The van der Waals surface area contributed by atoms with Crippen LogP contribution in [0.15, 0.2) is 12.5 Å². The van der Waals surface area contributed by atoms with Crippen LogP contribution in [0.1, 0.15) is 6.23 Å². The van der Waals surface area contributed by atoms with Gasteiger partial charge in [-0.15, -0.1) is 0 Å². The van der Waals surface area contributed by atoms with Crippen LogP contribution >= 0.6 is 34.2 Å². The summed E-state index contributed by atoms with van der Waals surface area (Å²) in [6.07, 6.45) is -0.948. The molecule has 1 fully saturated rings. The van der Waals surface area contributed by atoms with Gasteiger partial charge in [-0.3, -0.25) is 0 Å². The minimum Gasteiger partial charge on any atom is -0.394 e. The zero-order valence-corrected chi connectivity index (χ0v) is 12.9. The minimum atomic E-state index is -1.16. The molecule has 0 radical (unpaired) electrons. The molecule has 0 amide bonds. The molecule has 9 heteroatoms. The van der Waals surface area contributed by atoms with Gasteiger partial charge in [0.25, 0.3) is 0 Å². The molecule has 0 saturated carbocycles. The lowest BCUT2D eigenvalue weighted by Crippen LogP contribution is -2.33. The van der Waals surface area contributed by atoms with Crippen molar-refractivity contribution in [2.75, 3.05) is 6.61 Å². The van der Waals surface area contributed by atoms with Crippen LogP contribution in [0.3, 0.4) is 0 Å². The summed E-state index contributed by atoms with van der Waals surface area (Å²) in [4.78, 5) is 8.06. The number of hydrogen-bond donors (Lipinski definition) is 3. The van der Waals surface area contributed by atoms with E-state index in [-0.39, 0.29) is 6.61 Å². The van der Waals surface area contributed by atoms with E-state index in [1.54, 1.807) is 10.8 Å². The van der Waals surface area contributed by atoms with Crippen molar-refractivity contribution in [3.63, 3.8) is 0 Å². The van der Waals surface area contributed by atoms with Gasteiger partial charge < -0.3 is 24.6 Å². The predicted molar refractivity (Wildman–Crippen MR) is 78.3 cm³/mol. The second kappa shape index (κ2) is 5.35. The first-order chi connectivity index (χ1) is 9.54. The van der Waals surface area contributed by atoms with Crippen LogP contribution in [0, 0.1) is 3.57 Å². The molecule has 3 heterocycles.